The molecule has 6 nitrogen and oxygen atoms in total. The summed E-state index contributed by atoms with van der Waals surface area (Å²) in [5.74, 6) is 0.627. The van der Waals surface area contributed by atoms with E-state index in [-0.39, 0.29) is 12.4 Å². The van der Waals surface area contributed by atoms with Crippen molar-refractivity contribution in [2.75, 3.05) is 13.2 Å². The van der Waals surface area contributed by atoms with Crippen LogP contribution in [0, 0.1) is 0 Å². The molecule has 0 bridgehead atoms. The number of phenolic OH excluding ortho intramolecular Hbond substituents is 1. The Morgan fingerprint density at radius 1 is 1.25 bits per heavy atom. The molecule has 2 aromatic rings. The second-order valence-corrected chi connectivity index (χ2v) is 5.13. The van der Waals surface area contributed by atoms with Crippen molar-refractivity contribution in [1.29, 1.82) is 0 Å². The first kappa shape index (κ1) is 17.6. The molecule has 0 heterocycles. The molecular formula is C17H17ClN2O4. The van der Waals surface area contributed by atoms with Crippen LogP contribution in [0.25, 0.3) is 0 Å². The van der Waals surface area contributed by atoms with Gasteiger partial charge >= 0.3 is 0 Å². The molecule has 0 aliphatic heterocycles. The van der Waals surface area contributed by atoms with Gasteiger partial charge in [0.05, 0.1) is 12.8 Å². The molecular weight excluding hydrogens is 332 g/mol. The van der Waals surface area contributed by atoms with Crippen molar-refractivity contribution in [3.05, 3.63) is 53.1 Å². The fraction of sp³-hybridized carbons (Fsp3) is 0.176. The number of hydrazone groups is 1. The van der Waals surface area contributed by atoms with Crippen molar-refractivity contribution >= 4 is 23.7 Å². The van der Waals surface area contributed by atoms with Crippen LogP contribution in [-0.4, -0.2) is 30.4 Å². The zero-order valence-electron chi connectivity index (χ0n) is 13.0. The van der Waals surface area contributed by atoms with Crippen LogP contribution in [0.5, 0.6) is 17.2 Å². The number of aromatic hydroxyl groups is 1. The first-order valence-corrected chi connectivity index (χ1v) is 7.62. The van der Waals surface area contributed by atoms with Gasteiger partial charge in [-0.25, -0.2) is 5.43 Å². The molecule has 0 aromatic heterocycles. The van der Waals surface area contributed by atoms with Crippen molar-refractivity contribution < 1.29 is 19.4 Å². The summed E-state index contributed by atoms with van der Waals surface area (Å²) in [5, 5.41) is 14.1. The van der Waals surface area contributed by atoms with Crippen LogP contribution in [0.15, 0.2) is 47.6 Å². The molecule has 2 aromatic carbocycles. The van der Waals surface area contributed by atoms with Gasteiger partial charge in [-0.3, -0.25) is 4.79 Å². The molecule has 24 heavy (non-hydrogen) atoms. The van der Waals surface area contributed by atoms with E-state index in [9.17, 15) is 9.90 Å². The Morgan fingerprint density at radius 3 is 2.75 bits per heavy atom. The molecule has 0 fully saturated rings. The molecule has 126 valence electrons. The number of hydrogen-bond acceptors (Lipinski definition) is 5. The van der Waals surface area contributed by atoms with E-state index in [1.165, 1.54) is 12.3 Å². The predicted molar refractivity (Wildman–Crippen MR) is 92.0 cm³/mol. The predicted octanol–water partition coefficient (Wildman–Crippen LogP) is 2.97. The van der Waals surface area contributed by atoms with Gasteiger partial charge < -0.3 is 14.6 Å². The Hall–Kier alpha value is -2.73. The van der Waals surface area contributed by atoms with Gasteiger partial charge in [0.15, 0.2) is 6.61 Å². The summed E-state index contributed by atoms with van der Waals surface area (Å²) in [6, 6.07) is 11.6. The monoisotopic (exact) mass is 348 g/mol. The third-order valence-corrected chi connectivity index (χ3v) is 3.11. The number of carbonyl (C=O) groups excluding carboxylic acids is 1. The Morgan fingerprint density at radius 2 is 2.04 bits per heavy atom. The molecule has 0 atom stereocenters. The number of phenols is 1. The quantitative estimate of drug-likeness (QED) is 0.595. The smallest absolute Gasteiger partial charge is 0.277 e. The summed E-state index contributed by atoms with van der Waals surface area (Å²) in [6.45, 7) is 2.16. The average Bonchev–Trinajstić information content (AvgIpc) is 2.55. The number of carbonyl (C=O) groups is 1. The Balaban J connectivity index is 1.83. The molecule has 2 N–H and O–H groups in total. The van der Waals surface area contributed by atoms with Crippen LogP contribution in [0.3, 0.4) is 0 Å². The molecule has 7 heteroatoms. The number of ether oxygens (including phenoxy) is 2. The van der Waals surface area contributed by atoms with Crippen LogP contribution >= 0.6 is 11.6 Å². The summed E-state index contributed by atoms with van der Waals surface area (Å²) in [7, 11) is 0. The number of amides is 1. The highest BCUT2D eigenvalue weighted by Crippen LogP contribution is 2.22. The van der Waals surface area contributed by atoms with E-state index in [4.69, 9.17) is 21.1 Å². The number of nitrogens with zero attached hydrogens (tertiary/aromatic N) is 1. The van der Waals surface area contributed by atoms with Crippen LogP contribution in [0.1, 0.15) is 12.5 Å². The van der Waals surface area contributed by atoms with E-state index >= 15 is 0 Å². The molecule has 0 aliphatic rings. The molecule has 1 amide bonds. The van der Waals surface area contributed by atoms with Crippen LogP contribution in [0.4, 0.5) is 0 Å². The first-order chi connectivity index (χ1) is 11.6. The molecule has 0 unspecified atom stereocenters. The highest BCUT2D eigenvalue weighted by molar-refractivity contribution is 6.30. The van der Waals surface area contributed by atoms with E-state index in [1.807, 2.05) is 6.92 Å². The van der Waals surface area contributed by atoms with E-state index in [2.05, 4.69) is 10.5 Å². The Labute approximate surface area is 144 Å². The number of rotatable bonds is 7. The van der Waals surface area contributed by atoms with Crippen molar-refractivity contribution in [2.45, 2.75) is 6.92 Å². The minimum Gasteiger partial charge on any atom is -0.507 e. The lowest BCUT2D eigenvalue weighted by molar-refractivity contribution is -0.123. The normalized spacial score (nSPS) is 10.6. The number of hydrogen-bond donors (Lipinski definition) is 2. The van der Waals surface area contributed by atoms with Crippen LogP contribution in [0.2, 0.25) is 5.02 Å². The lowest BCUT2D eigenvalue weighted by Crippen LogP contribution is -2.24. The molecule has 0 saturated heterocycles. The highest BCUT2D eigenvalue weighted by Gasteiger charge is 2.03. The van der Waals surface area contributed by atoms with Crippen LogP contribution < -0.4 is 14.9 Å². The van der Waals surface area contributed by atoms with Crippen molar-refractivity contribution in [2.24, 2.45) is 5.10 Å². The van der Waals surface area contributed by atoms with Gasteiger partial charge in [-0.2, -0.15) is 5.10 Å². The van der Waals surface area contributed by atoms with Crippen molar-refractivity contribution in [1.82, 2.24) is 5.43 Å². The zero-order chi connectivity index (χ0) is 17.4. The zero-order valence-corrected chi connectivity index (χ0v) is 13.8. The fourth-order valence-electron chi connectivity index (χ4n) is 1.80. The fourth-order valence-corrected chi connectivity index (χ4v) is 1.98. The minimum absolute atomic E-state index is 0.00845. The molecule has 0 saturated carbocycles. The van der Waals surface area contributed by atoms with Gasteiger partial charge in [0.2, 0.25) is 0 Å². The van der Waals surface area contributed by atoms with Crippen molar-refractivity contribution in [3.63, 3.8) is 0 Å². The maximum absolute atomic E-state index is 11.7. The summed E-state index contributed by atoms with van der Waals surface area (Å²) in [6.07, 6.45) is 1.34. The standard InChI is InChI=1S/C17H17ClN2O4/c1-2-23-15-7-6-12(16(21)9-15)10-19-20-17(22)11-24-14-5-3-4-13(18)8-14/h3-10,21H,2,11H2,1H3,(H,20,22)/b19-10-. The number of halogens is 1. The van der Waals surface area contributed by atoms with E-state index in [0.717, 1.165) is 0 Å². The third kappa shape index (κ3) is 5.48. The summed E-state index contributed by atoms with van der Waals surface area (Å²) >= 11 is 5.82. The van der Waals surface area contributed by atoms with E-state index in [1.54, 1.807) is 36.4 Å². The topological polar surface area (TPSA) is 80.2 Å². The molecule has 0 aliphatic carbocycles. The van der Waals surface area contributed by atoms with E-state index < -0.39 is 5.91 Å². The lowest BCUT2D eigenvalue weighted by atomic mass is 10.2. The average molecular weight is 349 g/mol. The minimum atomic E-state index is -0.434. The van der Waals surface area contributed by atoms with Gasteiger partial charge in [-0.1, -0.05) is 17.7 Å². The summed E-state index contributed by atoms with van der Waals surface area (Å²) in [5.41, 5.74) is 2.77. The maximum Gasteiger partial charge on any atom is 0.277 e. The summed E-state index contributed by atoms with van der Waals surface area (Å²) in [4.78, 5) is 11.7. The SMILES string of the molecule is CCOc1ccc(/C=N\NC(=O)COc2cccc(Cl)c2)c(O)c1. The van der Waals surface area contributed by atoms with Gasteiger partial charge in [0.25, 0.3) is 5.91 Å². The lowest BCUT2D eigenvalue weighted by Gasteiger charge is -2.06. The second-order valence-electron chi connectivity index (χ2n) is 4.69. The number of benzene rings is 2. The Bertz CT molecular complexity index is 734. The highest BCUT2D eigenvalue weighted by atomic mass is 35.5. The van der Waals surface area contributed by atoms with Gasteiger partial charge in [0, 0.05) is 16.7 Å². The van der Waals surface area contributed by atoms with Gasteiger partial charge in [0.1, 0.15) is 17.2 Å². The number of nitrogens with one attached hydrogen (secondary N) is 1. The van der Waals surface area contributed by atoms with Crippen molar-refractivity contribution in [3.8, 4) is 17.2 Å². The second kappa shape index (κ2) is 8.79. The molecule has 2 rings (SSSR count). The van der Waals surface area contributed by atoms with Gasteiger partial charge in [-0.15, -0.1) is 0 Å². The molecule has 0 radical (unpaired) electrons. The third-order valence-electron chi connectivity index (χ3n) is 2.87. The van der Waals surface area contributed by atoms with Crippen LogP contribution in [-0.2, 0) is 4.79 Å². The Kier molecular flexibility index (Phi) is 6.45. The first-order valence-electron chi connectivity index (χ1n) is 7.24. The molecule has 0 spiro atoms. The maximum atomic E-state index is 11.7. The van der Waals surface area contributed by atoms with Gasteiger partial charge in [-0.05, 0) is 37.3 Å². The summed E-state index contributed by atoms with van der Waals surface area (Å²) < 4.78 is 10.5. The van der Waals surface area contributed by atoms with E-state index in [0.29, 0.717) is 28.7 Å². The largest absolute Gasteiger partial charge is 0.507 e.